The molecule has 1 saturated heterocycles. The van der Waals surface area contributed by atoms with E-state index in [0.29, 0.717) is 12.8 Å². The lowest BCUT2D eigenvalue weighted by Gasteiger charge is -2.33. The third kappa shape index (κ3) is 3.77. The van der Waals surface area contributed by atoms with Crippen molar-refractivity contribution >= 4 is 17.8 Å². The minimum absolute atomic E-state index is 0.250. The Morgan fingerprint density at radius 1 is 1.21 bits per heavy atom. The van der Waals surface area contributed by atoms with Gasteiger partial charge in [-0.25, -0.2) is 4.79 Å². The molecule has 4 atom stereocenters. The zero-order valence-corrected chi connectivity index (χ0v) is 14.7. The summed E-state index contributed by atoms with van der Waals surface area (Å²) < 4.78 is 10.2. The molecule has 134 valence electrons. The van der Waals surface area contributed by atoms with E-state index in [1.54, 1.807) is 20.8 Å². The van der Waals surface area contributed by atoms with Crippen molar-refractivity contribution in [1.29, 1.82) is 0 Å². The van der Waals surface area contributed by atoms with E-state index in [0.717, 1.165) is 0 Å². The van der Waals surface area contributed by atoms with Gasteiger partial charge in [0.1, 0.15) is 17.6 Å². The summed E-state index contributed by atoms with van der Waals surface area (Å²) in [6, 6.07) is -1.40. The minimum Gasteiger partial charge on any atom is -0.467 e. The standard InChI is InChI=1S/C17H26N2O5/c1-17(2,3)24-15(21)10-7-5-6-8-12-11(18)9-13(16(22)23-4)19(12)14(10)20/h5-6,10-13H,7-9,18H2,1-4H3/b6-5-. The first-order valence-corrected chi connectivity index (χ1v) is 8.19. The molecule has 0 aromatic rings. The van der Waals surface area contributed by atoms with Crippen molar-refractivity contribution in [3.8, 4) is 0 Å². The third-order valence-electron chi connectivity index (χ3n) is 4.32. The molecule has 0 saturated carbocycles. The highest BCUT2D eigenvalue weighted by Crippen LogP contribution is 2.31. The van der Waals surface area contributed by atoms with Crippen LogP contribution in [0.25, 0.3) is 0 Å². The van der Waals surface area contributed by atoms with Gasteiger partial charge >= 0.3 is 11.9 Å². The Labute approximate surface area is 142 Å². The van der Waals surface area contributed by atoms with E-state index in [1.165, 1.54) is 12.0 Å². The first kappa shape index (κ1) is 18.4. The van der Waals surface area contributed by atoms with Gasteiger partial charge in [-0.1, -0.05) is 12.2 Å². The molecule has 0 bridgehead atoms. The van der Waals surface area contributed by atoms with Gasteiger partial charge in [0.2, 0.25) is 5.91 Å². The summed E-state index contributed by atoms with van der Waals surface area (Å²) >= 11 is 0. The number of rotatable bonds is 2. The van der Waals surface area contributed by atoms with Gasteiger partial charge in [-0.2, -0.15) is 0 Å². The molecule has 7 nitrogen and oxygen atoms in total. The number of carbonyl (C=O) groups is 3. The van der Waals surface area contributed by atoms with E-state index >= 15 is 0 Å². The summed E-state index contributed by atoms with van der Waals surface area (Å²) in [6.45, 7) is 5.25. The van der Waals surface area contributed by atoms with Crippen molar-refractivity contribution in [3.63, 3.8) is 0 Å². The molecule has 2 aliphatic heterocycles. The van der Waals surface area contributed by atoms with E-state index in [9.17, 15) is 14.4 Å². The van der Waals surface area contributed by atoms with Gasteiger partial charge in [-0.05, 0) is 40.0 Å². The Hall–Kier alpha value is -1.89. The summed E-state index contributed by atoms with van der Waals surface area (Å²) in [6.07, 6.45) is 4.85. The molecule has 4 unspecified atom stereocenters. The van der Waals surface area contributed by atoms with Crippen LogP contribution in [0.1, 0.15) is 40.0 Å². The summed E-state index contributed by atoms with van der Waals surface area (Å²) in [7, 11) is 1.28. The molecule has 0 radical (unpaired) electrons. The molecule has 7 heteroatoms. The van der Waals surface area contributed by atoms with Gasteiger partial charge in [0.15, 0.2) is 0 Å². The highest BCUT2D eigenvalue weighted by atomic mass is 16.6. The summed E-state index contributed by atoms with van der Waals surface area (Å²) in [5, 5.41) is 0. The van der Waals surface area contributed by atoms with Crippen LogP contribution in [0.15, 0.2) is 12.2 Å². The summed E-state index contributed by atoms with van der Waals surface area (Å²) in [5.41, 5.74) is 5.44. The highest BCUT2D eigenvalue weighted by Gasteiger charge is 2.49. The van der Waals surface area contributed by atoms with Crippen molar-refractivity contribution in [1.82, 2.24) is 4.90 Å². The van der Waals surface area contributed by atoms with Crippen molar-refractivity contribution in [2.24, 2.45) is 11.7 Å². The van der Waals surface area contributed by atoms with Crippen LogP contribution in [0.3, 0.4) is 0 Å². The van der Waals surface area contributed by atoms with Crippen molar-refractivity contribution in [2.75, 3.05) is 7.11 Å². The molecule has 0 aliphatic carbocycles. The molecule has 0 aromatic carbocycles. The van der Waals surface area contributed by atoms with E-state index in [2.05, 4.69) is 0 Å². The normalized spacial score (nSPS) is 31.7. The lowest BCUT2D eigenvalue weighted by atomic mass is 9.97. The average Bonchev–Trinajstić information content (AvgIpc) is 2.78. The maximum absolute atomic E-state index is 13.0. The quantitative estimate of drug-likeness (QED) is 0.453. The van der Waals surface area contributed by atoms with Gasteiger partial charge in [0.05, 0.1) is 13.2 Å². The molecular weight excluding hydrogens is 312 g/mol. The fourth-order valence-electron chi connectivity index (χ4n) is 3.24. The number of allylic oxidation sites excluding steroid dienone is 1. The van der Waals surface area contributed by atoms with Gasteiger partial charge in [-0.3, -0.25) is 9.59 Å². The summed E-state index contributed by atoms with van der Waals surface area (Å²) in [5.74, 6) is -2.47. The number of amides is 1. The van der Waals surface area contributed by atoms with Crippen LogP contribution in [0, 0.1) is 5.92 Å². The first-order valence-electron chi connectivity index (χ1n) is 8.19. The number of methoxy groups -OCH3 is 1. The Bertz CT molecular complexity index is 552. The third-order valence-corrected chi connectivity index (χ3v) is 4.32. The predicted molar refractivity (Wildman–Crippen MR) is 86.7 cm³/mol. The number of carbonyl (C=O) groups excluding carboxylic acids is 3. The Balaban J connectivity index is 2.31. The topological polar surface area (TPSA) is 98.9 Å². The largest absolute Gasteiger partial charge is 0.467 e. The second kappa shape index (κ2) is 6.93. The number of hydrogen-bond donors (Lipinski definition) is 1. The van der Waals surface area contributed by atoms with E-state index < -0.39 is 35.4 Å². The lowest BCUT2D eigenvalue weighted by Crippen LogP contribution is -2.52. The van der Waals surface area contributed by atoms with Gasteiger partial charge in [-0.15, -0.1) is 0 Å². The van der Waals surface area contributed by atoms with Crippen LogP contribution in [-0.2, 0) is 23.9 Å². The first-order chi connectivity index (χ1) is 11.2. The zero-order valence-electron chi connectivity index (χ0n) is 14.7. The maximum atomic E-state index is 13.0. The number of hydrogen-bond acceptors (Lipinski definition) is 6. The van der Waals surface area contributed by atoms with Crippen molar-refractivity contribution in [3.05, 3.63) is 12.2 Å². The second-order valence-corrected chi connectivity index (χ2v) is 7.28. The Kier molecular flexibility index (Phi) is 5.32. The Morgan fingerprint density at radius 3 is 2.42 bits per heavy atom. The molecule has 2 rings (SSSR count). The second-order valence-electron chi connectivity index (χ2n) is 7.28. The number of esters is 2. The SMILES string of the molecule is COC(=O)C1CC(N)C2C/C=C\CC(C(=O)OC(C)(C)C)C(=O)N12. The number of fused-ring (bicyclic) bond motifs is 1. The monoisotopic (exact) mass is 338 g/mol. The Morgan fingerprint density at radius 2 is 1.83 bits per heavy atom. The minimum atomic E-state index is -0.972. The lowest BCUT2D eigenvalue weighted by molar-refractivity contribution is -0.168. The molecule has 1 amide bonds. The van der Waals surface area contributed by atoms with Crippen LogP contribution in [0.2, 0.25) is 0 Å². The predicted octanol–water partition coefficient (Wildman–Crippen LogP) is 0.764. The molecule has 24 heavy (non-hydrogen) atoms. The molecule has 2 aliphatic rings. The van der Waals surface area contributed by atoms with Crippen LogP contribution in [0.4, 0.5) is 0 Å². The molecular formula is C17H26N2O5. The maximum Gasteiger partial charge on any atom is 0.328 e. The van der Waals surface area contributed by atoms with Gasteiger partial charge in [0, 0.05) is 6.04 Å². The molecule has 1 fully saturated rings. The molecule has 0 spiro atoms. The fourth-order valence-corrected chi connectivity index (χ4v) is 3.24. The number of nitrogens with two attached hydrogens (primary N) is 1. The van der Waals surface area contributed by atoms with Crippen LogP contribution < -0.4 is 5.73 Å². The van der Waals surface area contributed by atoms with Crippen molar-refractivity contribution < 1.29 is 23.9 Å². The fraction of sp³-hybridized carbons (Fsp3) is 0.706. The van der Waals surface area contributed by atoms with E-state index in [-0.39, 0.29) is 18.5 Å². The smallest absolute Gasteiger partial charge is 0.328 e. The van der Waals surface area contributed by atoms with Crippen LogP contribution in [-0.4, -0.2) is 53.6 Å². The zero-order chi connectivity index (χ0) is 18.1. The van der Waals surface area contributed by atoms with Crippen LogP contribution >= 0.6 is 0 Å². The van der Waals surface area contributed by atoms with E-state index in [1.807, 2.05) is 12.2 Å². The van der Waals surface area contributed by atoms with Crippen molar-refractivity contribution in [2.45, 2.75) is 63.8 Å². The number of ether oxygens (including phenoxy) is 2. The van der Waals surface area contributed by atoms with E-state index in [4.69, 9.17) is 15.2 Å². The average molecular weight is 338 g/mol. The molecule has 2 heterocycles. The number of nitrogens with zero attached hydrogens (tertiary/aromatic N) is 1. The molecule has 2 N–H and O–H groups in total. The highest BCUT2D eigenvalue weighted by molar-refractivity contribution is 6.00. The summed E-state index contributed by atoms with van der Waals surface area (Å²) in [4.78, 5) is 39.0. The van der Waals surface area contributed by atoms with Gasteiger partial charge in [0.25, 0.3) is 0 Å². The van der Waals surface area contributed by atoms with Gasteiger partial charge < -0.3 is 20.1 Å². The van der Waals surface area contributed by atoms with Crippen LogP contribution in [0.5, 0.6) is 0 Å². The molecule has 0 aromatic heterocycles.